The van der Waals surface area contributed by atoms with Crippen molar-refractivity contribution in [1.29, 1.82) is 0 Å². The molecule has 0 aliphatic carbocycles. The largest absolute Gasteiger partial charge is 0.456 e. The summed E-state index contributed by atoms with van der Waals surface area (Å²) in [4.78, 5) is 7.12. The van der Waals surface area contributed by atoms with E-state index >= 15 is 0 Å². The van der Waals surface area contributed by atoms with Crippen molar-refractivity contribution in [2.24, 2.45) is 0 Å². The Morgan fingerprint density at radius 1 is 0.458 bits per heavy atom. The normalized spacial score (nSPS) is 11.8. The smallest absolute Gasteiger partial charge is 0.227 e. The van der Waals surface area contributed by atoms with Gasteiger partial charge in [0.15, 0.2) is 5.58 Å². The van der Waals surface area contributed by atoms with Crippen LogP contribution in [-0.4, -0.2) is 4.98 Å². The van der Waals surface area contributed by atoms with Crippen LogP contribution in [0.4, 0.5) is 17.1 Å². The van der Waals surface area contributed by atoms with Crippen molar-refractivity contribution in [1.82, 2.24) is 4.98 Å². The highest BCUT2D eigenvalue weighted by Crippen LogP contribution is 2.44. The number of benzene rings is 7. The number of thiophene rings is 1. The molecule has 0 fully saturated rings. The average molecular weight is 635 g/mol. The second kappa shape index (κ2) is 10.7. The molecule has 3 aromatic heterocycles. The second-order valence-electron chi connectivity index (χ2n) is 12.0. The van der Waals surface area contributed by atoms with Crippen molar-refractivity contribution in [3.8, 4) is 22.6 Å². The topological polar surface area (TPSA) is 42.4 Å². The van der Waals surface area contributed by atoms with E-state index in [0.717, 1.165) is 61.2 Å². The van der Waals surface area contributed by atoms with Crippen molar-refractivity contribution in [2.45, 2.75) is 0 Å². The first-order valence-electron chi connectivity index (χ1n) is 15.9. The molecule has 10 aromatic rings. The molecule has 0 radical (unpaired) electrons. The molecule has 5 heteroatoms. The number of aromatic nitrogens is 1. The first-order valence-corrected chi connectivity index (χ1v) is 16.8. The monoisotopic (exact) mass is 634 g/mol. The number of furan rings is 1. The van der Waals surface area contributed by atoms with Crippen LogP contribution in [0.5, 0.6) is 0 Å². The molecule has 7 aromatic carbocycles. The fraction of sp³-hybridized carbons (Fsp3) is 0. The van der Waals surface area contributed by atoms with Crippen LogP contribution >= 0.6 is 11.3 Å². The lowest BCUT2D eigenvalue weighted by Crippen LogP contribution is -2.09. The van der Waals surface area contributed by atoms with Crippen LogP contribution in [-0.2, 0) is 0 Å². The number of rotatable bonds is 5. The van der Waals surface area contributed by atoms with Gasteiger partial charge in [-0.15, -0.1) is 11.3 Å². The Morgan fingerprint density at radius 3 is 2.00 bits per heavy atom. The zero-order valence-corrected chi connectivity index (χ0v) is 26.4. The molecule has 226 valence electrons. The van der Waals surface area contributed by atoms with Gasteiger partial charge in [-0.2, -0.15) is 0 Å². The number of oxazole rings is 1. The molecule has 0 spiro atoms. The van der Waals surface area contributed by atoms with Gasteiger partial charge in [-0.3, -0.25) is 0 Å². The Hall–Kier alpha value is -6.17. The van der Waals surface area contributed by atoms with Gasteiger partial charge in [-0.25, -0.2) is 4.98 Å². The van der Waals surface area contributed by atoms with Crippen LogP contribution < -0.4 is 4.90 Å². The Balaban J connectivity index is 1.16. The van der Waals surface area contributed by atoms with Gasteiger partial charge in [-0.05, 0) is 77.9 Å². The summed E-state index contributed by atoms with van der Waals surface area (Å²) in [5, 5.41) is 4.50. The third-order valence-electron chi connectivity index (χ3n) is 9.08. The van der Waals surface area contributed by atoms with Gasteiger partial charge in [-0.1, -0.05) is 84.9 Å². The zero-order valence-electron chi connectivity index (χ0n) is 25.6. The third kappa shape index (κ3) is 4.33. The Bertz CT molecular complexity index is 2790. The second-order valence-corrected chi connectivity index (χ2v) is 13.1. The summed E-state index contributed by atoms with van der Waals surface area (Å²) in [6, 6.07) is 55.1. The minimum Gasteiger partial charge on any atom is -0.456 e. The fourth-order valence-corrected chi connectivity index (χ4v) is 7.97. The Morgan fingerprint density at radius 2 is 1.15 bits per heavy atom. The quantitative estimate of drug-likeness (QED) is 0.189. The van der Waals surface area contributed by atoms with Crippen molar-refractivity contribution in [2.75, 3.05) is 4.90 Å². The molecule has 4 nitrogen and oxygen atoms in total. The summed E-state index contributed by atoms with van der Waals surface area (Å²) < 4.78 is 15.5. The number of anilines is 3. The van der Waals surface area contributed by atoms with Gasteiger partial charge >= 0.3 is 0 Å². The van der Waals surface area contributed by atoms with E-state index in [1.165, 1.54) is 25.7 Å². The van der Waals surface area contributed by atoms with Gasteiger partial charge < -0.3 is 13.7 Å². The van der Waals surface area contributed by atoms with Crippen LogP contribution in [0.1, 0.15) is 0 Å². The highest BCUT2D eigenvalue weighted by atomic mass is 32.1. The van der Waals surface area contributed by atoms with Crippen molar-refractivity contribution >= 4 is 81.6 Å². The SMILES string of the molecule is c1ccc(-c2cccc(N(c3ccc4c(c3)oc3ccc5nc(-c6ccccc6)oc5c34)c3ccc4c(c3)sc3ccccc34)c2)cc1. The van der Waals surface area contributed by atoms with E-state index in [4.69, 9.17) is 13.8 Å². The van der Waals surface area contributed by atoms with Crippen molar-refractivity contribution in [3.05, 3.63) is 158 Å². The summed E-state index contributed by atoms with van der Waals surface area (Å²) in [7, 11) is 0. The predicted molar refractivity (Wildman–Crippen MR) is 200 cm³/mol. The minimum atomic E-state index is 0.602. The lowest BCUT2D eigenvalue weighted by Gasteiger charge is -2.26. The van der Waals surface area contributed by atoms with E-state index in [1.807, 2.05) is 53.8 Å². The molecule has 0 unspecified atom stereocenters. The maximum atomic E-state index is 6.53. The minimum absolute atomic E-state index is 0.602. The number of hydrogen-bond acceptors (Lipinski definition) is 5. The third-order valence-corrected chi connectivity index (χ3v) is 10.2. The molecule has 10 rings (SSSR count). The maximum Gasteiger partial charge on any atom is 0.227 e. The maximum absolute atomic E-state index is 6.53. The summed E-state index contributed by atoms with van der Waals surface area (Å²) in [6.45, 7) is 0. The van der Waals surface area contributed by atoms with Crippen LogP contribution in [0.3, 0.4) is 0 Å². The molecule has 0 saturated carbocycles. The highest BCUT2D eigenvalue weighted by Gasteiger charge is 2.20. The molecular weight excluding hydrogens is 609 g/mol. The fourth-order valence-electron chi connectivity index (χ4n) is 6.83. The van der Waals surface area contributed by atoms with Crippen LogP contribution in [0.2, 0.25) is 0 Å². The van der Waals surface area contributed by atoms with Crippen LogP contribution in [0.25, 0.3) is 75.8 Å². The lowest BCUT2D eigenvalue weighted by molar-refractivity contribution is 0.622. The number of hydrogen-bond donors (Lipinski definition) is 0. The first-order chi connectivity index (χ1) is 23.8. The summed E-state index contributed by atoms with van der Waals surface area (Å²) >= 11 is 1.83. The van der Waals surface area contributed by atoms with Crippen LogP contribution in [0.15, 0.2) is 167 Å². The molecule has 0 bridgehead atoms. The summed E-state index contributed by atoms with van der Waals surface area (Å²) in [6.07, 6.45) is 0. The van der Waals surface area contributed by atoms with E-state index < -0.39 is 0 Å². The number of fused-ring (bicyclic) bond motifs is 8. The van der Waals surface area contributed by atoms with E-state index in [-0.39, 0.29) is 0 Å². The van der Waals surface area contributed by atoms with Gasteiger partial charge in [0.1, 0.15) is 16.7 Å². The highest BCUT2D eigenvalue weighted by molar-refractivity contribution is 7.25. The Labute approximate surface area is 279 Å². The zero-order chi connectivity index (χ0) is 31.6. The molecule has 48 heavy (non-hydrogen) atoms. The molecule has 0 aliphatic rings. The van der Waals surface area contributed by atoms with Crippen LogP contribution in [0, 0.1) is 0 Å². The Kier molecular flexibility index (Phi) is 6.01. The van der Waals surface area contributed by atoms with E-state index in [1.54, 1.807) is 0 Å². The van der Waals surface area contributed by atoms with Gasteiger partial charge in [0.05, 0.1) is 5.39 Å². The van der Waals surface area contributed by atoms with Gasteiger partial charge in [0, 0.05) is 54.3 Å². The average Bonchev–Trinajstić information content (AvgIpc) is 3.85. The van der Waals surface area contributed by atoms with Crippen molar-refractivity contribution in [3.63, 3.8) is 0 Å². The molecule has 3 heterocycles. The van der Waals surface area contributed by atoms with E-state index in [9.17, 15) is 0 Å². The van der Waals surface area contributed by atoms with Crippen molar-refractivity contribution < 1.29 is 8.83 Å². The molecule has 0 atom stereocenters. The molecule has 0 N–H and O–H groups in total. The van der Waals surface area contributed by atoms with E-state index in [2.05, 4.69) is 120 Å². The first kappa shape index (κ1) is 27.0. The summed E-state index contributed by atoms with van der Waals surface area (Å²) in [5.41, 5.74) is 9.55. The van der Waals surface area contributed by atoms with E-state index in [0.29, 0.717) is 5.89 Å². The predicted octanol–water partition coefficient (Wildman–Crippen LogP) is 12.9. The lowest BCUT2D eigenvalue weighted by atomic mass is 10.0. The molecule has 0 saturated heterocycles. The molecule has 0 aliphatic heterocycles. The molecular formula is C43H26N2O2S. The molecule has 0 amide bonds. The standard InChI is InChI=1S/C43H26N2O2S/c1-3-10-27(11-4-1)29-14-9-15-30(24-29)45(32-18-20-34-33-16-7-8-17-39(33)48-40(34)26-32)31-19-21-35-38(25-31)46-37-23-22-36-42(41(35)37)47-43(44-36)28-12-5-2-6-13-28/h1-26H. The van der Waals surface area contributed by atoms with Gasteiger partial charge in [0.25, 0.3) is 0 Å². The van der Waals surface area contributed by atoms with Gasteiger partial charge in [0.2, 0.25) is 5.89 Å². The summed E-state index contributed by atoms with van der Waals surface area (Å²) in [5.74, 6) is 0.602. The number of nitrogens with zero attached hydrogens (tertiary/aromatic N) is 2.